The van der Waals surface area contributed by atoms with Crippen molar-refractivity contribution in [1.29, 1.82) is 0 Å². The summed E-state index contributed by atoms with van der Waals surface area (Å²) in [6.07, 6.45) is 1.58. The molecule has 0 saturated heterocycles. The van der Waals surface area contributed by atoms with Gasteiger partial charge in [0.2, 0.25) is 0 Å². The Hall–Kier alpha value is -2.63. The number of hydrogen-bond acceptors (Lipinski definition) is 4. The van der Waals surface area contributed by atoms with E-state index in [9.17, 15) is 4.79 Å². The van der Waals surface area contributed by atoms with Crippen molar-refractivity contribution in [3.8, 4) is 0 Å². The van der Waals surface area contributed by atoms with Gasteiger partial charge in [-0.25, -0.2) is 0 Å². The van der Waals surface area contributed by atoms with Crippen LogP contribution < -0.4 is 5.32 Å². The molecule has 0 aliphatic rings. The first-order valence-corrected chi connectivity index (χ1v) is 6.99. The standard InChI is InChI=1S/C16H20N4O2/c1-11-5-7-14(8-6-11)9-17-22-10-15(21)18-16-12(2)19-20(4)13(16)3/h5-9H,10H2,1-4H3,(H,18,21)/b17-9-. The number of amides is 1. The summed E-state index contributed by atoms with van der Waals surface area (Å²) < 4.78 is 1.72. The molecule has 1 amide bonds. The van der Waals surface area contributed by atoms with Crippen LogP contribution in [0.5, 0.6) is 0 Å². The molecule has 0 aliphatic heterocycles. The van der Waals surface area contributed by atoms with Gasteiger partial charge < -0.3 is 10.2 Å². The molecule has 1 heterocycles. The highest BCUT2D eigenvalue weighted by Gasteiger charge is 2.12. The summed E-state index contributed by atoms with van der Waals surface area (Å²) >= 11 is 0. The Kier molecular flexibility index (Phi) is 4.93. The first kappa shape index (κ1) is 15.8. The lowest BCUT2D eigenvalue weighted by Gasteiger charge is -2.04. The highest BCUT2D eigenvalue weighted by Crippen LogP contribution is 2.17. The van der Waals surface area contributed by atoms with Crippen LogP contribution in [0.25, 0.3) is 0 Å². The first-order valence-electron chi connectivity index (χ1n) is 6.99. The van der Waals surface area contributed by atoms with Crippen LogP contribution in [0.1, 0.15) is 22.5 Å². The largest absolute Gasteiger partial charge is 0.386 e. The maximum atomic E-state index is 11.8. The van der Waals surface area contributed by atoms with Gasteiger partial charge in [-0.2, -0.15) is 5.10 Å². The van der Waals surface area contributed by atoms with E-state index in [0.717, 1.165) is 22.6 Å². The zero-order valence-electron chi connectivity index (χ0n) is 13.3. The number of carbonyl (C=O) groups is 1. The molecule has 116 valence electrons. The number of benzene rings is 1. The summed E-state index contributed by atoms with van der Waals surface area (Å²) in [5.41, 5.74) is 4.49. The fraction of sp³-hybridized carbons (Fsp3) is 0.312. The van der Waals surface area contributed by atoms with E-state index >= 15 is 0 Å². The van der Waals surface area contributed by atoms with Crippen LogP contribution in [-0.4, -0.2) is 28.5 Å². The molecule has 6 heteroatoms. The molecule has 0 spiro atoms. The van der Waals surface area contributed by atoms with E-state index in [-0.39, 0.29) is 12.5 Å². The Morgan fingerprint density at radius 3 is 2.59 bits per heavy atom. The van der Waals surface area contributed by atoms with Gasteiger partial charge in [-0.05, 0) is 26.3 Å². The van der Waals surface area contributed by atoms with E-state index in [0.29, 0.717) is 0 Å². The molecule has 0 fully saturated rings. The van der Waals surface area contributed by atoms with Crippen LogP contribution in [0.15, 0.2) is 29.4 Å². The van der Waals surface area contributed by atoms with E-state index in [1.54, 1.807) is 10.9 Å². The number of aromatic nitrogens is 2. The van der Waals surface area contributed by atoms with Crippen molar-refractivity contribution in [1.82, 2.24) is 9.78 Å². The van der Waals surface area contributed by atoms with Gasteiger partial charge in [0.05, 0.1) is 23.3 Å². The van der Waals surface area contributed by atoms with Gasteiger partial charge in [-0.15, -0.1) is 0 Å². The van der Waals surface area contributed by atoms with Crippen LogP contribution >= 0.6 is 0 Å². The number of nitrogens with zero attached hydrogens (tertiary/aromatic N) is 3. The molecule has 0 saturated carbocycles. The molecule has 1 aromatic heterocycles. The van der Waals surface area contributed by atoms with Gasteiger partial charge >= 0.3 is 0 Å². The number of aryl methyl sites for hydroxylation is 3. The predicted molar refractivity (Wildman–Crippen MR) is 86.0 cm³/mol. The maximum absolute atomic E-state index is 11.8. The van der Waals surface area contributed by atoms with Gasteiger partial charge in [0.25, 0.3) is 5.91 Å². The quantitative estimate of drug-likeness (QED) is 0.680. The van der Waals surface area contributed by atoms with E-state index in [2.05, 4.69) is 15.6 Å². The van der Waals surface area contributed by atoms with Gasteiger partial charge in [-0.3, -0.25) is 9.48 Å². The van der Waals surface area contributed by atoms with Crippen molar-refractivity contribution in [3.63, 3.8) is 0 Å². The normalized spacial score (nSPS) is 10.9. The monoisotopic (exact) mass is 300 g/mol. The van der Waals surface area contributed by atoms with Crippen molar-refractivity contribution < 1.29 is 9.63 Å². The summed E-state index contributed by atoms with van der Waals surface area (Å²) in [7, 11) is 1.83. The number of rotatable bonds is 5. The smallest absolute Gasteiger partial charge is 0.265 e. The predicted octanol–water partition coefficient (Wildman–Crippen LogP) is 2.33. The SMILES string of the molecule is Cc1ccc(/C=N\OCC(=O)Nc2c(C)nn(C)c2C)cc1. The van der Waals surface area contributed by atoms with Crippen LogP contribution in [0, 0.1) is 20.8 Å². The molecule has 6 nitrogen and oxygen atoms in total. The Labute approximate surface area is 129 Å². The van der Waals surface area contributed by atoms with Crippen LogP contribution in [0.4, 0.5) is 5.69 Å². The molecule has 0 atom stereocenters. The molecule has 0 radical (unpaired) electrons. The van der Waals surface area contributed by atoms with E-state index < -0.39 is 0 Å². The molecule has 0 aliphatic carbocycles. The zero-order chi connectivity index (χ0) is 16.1. The Bertz CT molecular complexity index is 687. The second-order valence-electron chi connectivity index (χ2n) is 5.14. The summed E-state index contributed by atoms with van der Waals surface area (Å²) in [5.74, 6) is -0.264. The molecule has 22 heavy (non-hydrogen) atoms. The molecule has 2 rings (SSSR count). The lowest BCUT2D eigenvalue weighted by molar-refractivity contribution is -0.120. The van der Waals surface area contributed by atoms with Gasteiger partial charge in [-0.1, -0.05) is 35.0 Å². The van der Waals surface area contributed by atoms with Crippen molar-refractivity contribution >= 4 is 17.8 Å². The Balaban J connectivity index is 1.84. The summed E-state index contributed by atoms with van der Waals surface area (Å²) in [6.45, 7) is 5.62. The Morgan fingerprint density at radius 2 is 2.00 bits per heavy atom. The molecule has 1 aromatic carbocycles. The molecule has 2 aromatic rings. The number of oxime groups is 1. The second-order valence-corrected chi connectivity index (χ2v) is 5.14. The third kappa shape index (κ3) is 3.94. The van der Waals surface area contributed by atoms with Crippen molar-refractivity contribution in [2.75, 3.05) is 11.9 Å². The third-order valence-corrected chi connectivity index (χ3v) is 3.32. The minimum Gasteiger partial charge on any atom is -0.386 e. The Morgan fingerprint density at radius 1 is 1.32 bits per heavy atom. The van der Waals surface area contributed by atoms with Crippen LogP contribution in [0.3, 0.4) is 0 Å². The van der Waals surface area contributed by atoms with Crippen LogP contribution in [0.2, 0.25) is 0 Å². The second kappa shape index (κ2) is 6.89. The van der Waals surface area contributed by atoms with Gasteiger partial charge in [0.15, 0.2) is 6.61 Å². The minimum absolute atomic E-state index is 0.143. The average molecular weight is 300 g/mol. The third-order valence-electron chi connectivity index (χ3n) is 3.32. The fourth-order valence-electron chi connectivity index (χ4n) is 1.98. The summed E-state index contributed by atoms with van der Waals surface area (Å²) in [5, 5.41) is 10.8. The zero-order valence-corrected chi connectivity index (χ0v) is 13.3. The molecule has 1 N–H and O–H groups in total. The van der Waals surface area contributed by atoms with E-state index in [1.165, 1.54) is 5.56 Å². The fourth-order valence-corrected chi connectivity index (χ4v) is 1.98. The van der Waals surface area contributed by atoms with Gasteiger partial charge in [0.1, 0.15) is 0 Å². The van der Waals surface area contributed by atoms with E-state index in [1.807, 2.05) is 52.1 Å². The minimum atomic E-state index is -0.264. The molecule has 0 unspecified atom stereocenters. The highest BCUT2D eigenvalue weighted by atomic mass is 16.6. The van der Waals surface area contributed by atoms with Crippen molar-refractivity contribution in [2.45, 2.75) is 20.8 Å². The molecular formula is C16H20N4O2. The van der Waals surface area contributed by atoms with E-state index in [4.69, 9.17) is 4.84 Å². The summed E-state index contributed by atoms with van der Waals surface area (Å²) in [6, 6.07) is 7.85. The lowest BCUT2D eigenvalue weighted by atomic mass is 10.2. The number of nitrogens with one attached hydrogen (secondary N) is 1. The first-order chi connectivity index (χ1) is 10.5. The lowest BCUT2D eigenvalue weighted by Crippen LogP contribution is -2.18. The van der Waals surface area contributed by atoms with Crippen LogP contribution in [-0.2, 0) is 16.7 Å². The highest BCUT2D eigenvalue weighted by molar-refractivity contribution is 5.92. The molecule has 0 bridgehead atoms. The number of hydrogen-bond donors (Lipinski definition) is 1. The van der Waals surface area contributed by atoms with Crippen molar-refractivity contribution in [2.24, 2.45) is 12.2 Å². The topological polar surface area (TPSA) is 68.5 Å². The molecular weight excluding hydrogens is 280 g/mol. The van der Waals surface area contributed by atoms with Gasteiger partial charge in [0, 0.05) is 7.05 Å². The average Bonchev–Trinajstić information content (AvgIpc) is 2.72. The number of anilines is 1. The summed E-state index contributed by atoms with van der Waals surface area (Å²) in [4.78, 5) is 16.9. The van der Waals surface area contributed by atoms with Crippen molar-refractivity contribution in [3.05, 3.63) is 46.8 Å². The maximum Gasteiger partial charge on any atom is 0.265 e. The number of carbonyl (C=O) groups excluding carboxylic acids is 1.